The Kier molecular flexibility index (Phi) is 6.52. The van der Waals surface area contributed by atoms with Gasteiger partial charge in [0.25, 0.3) is 0 Å². The van der Waals surface area contributed by atoms with Gasteiger partial charge in [-0.2, -0.15) is 0 Å². The molecule has 4 heteroatoms. The summed E-state index contributed by atoms with van der Waals surface area (Å²) < 4.78 is 0. The molecular weight excluding hydrogens is 192 g/mol. The Morgan fingerprint density at radius 3 is 2.47 bits per heavy atom. The highest BCUT2D eigenvalue weighted by atomic mass is 16.3. The molecule has 0 aliphatic carbocycles. The van der Waals surface area contributed by atoms with Crippen LogP contribution in [0.15, 0.2) is 0 Å². The fourth-order valence-corrected chi connectivity index (χ4v) is 1.30. The number of hydrogen-bond donors (Lipinski definition) is 2. The summed E-state index contributed by atoms with van der Waals surface area (Å²) in [5.41, 5.74) is -0.266. The van der Waals surface area contributed by atoms with Crippen molar-refractivity contribution in [1.29, 1.82) is 0 Å². The summed E-state index contributed by atoms with van der Waals surface area (Å²) in [5, 5.41) is 11.9. The van der Waals surface area contributed by atoms with Gasteiger partial charge in [-0.1, -0.05) is 6.92 Å². The number of aliphatic hydroxyl groups excluding tert-OH is 1. The van der Waals surface area contributed by atoms with E-state index in [4.69, 9.17) is 5.11 Å². The van der Waals surface area contributed by atoms with Crippen LogP contribution in [0.5, 0.6) is 0 Å². The molecular formula is C11H24N2O2. The van der Waals surface area contributed by atoms with Crippen LogP contribution in [-0.2, 0) is 4.79 Å². The van der Waals surface area contributed by atoms with E-state index >= 15 is 0 Å². The zero-order chi connectivity index (χ0) is 11.9. The molecule has 1 atom stereocenters. The minimum atomic E-state index is -0.266. The van der Waals surface area contributed by atoms with Crippen LogP contribution >= 0.6 is 0 Å². The highest BCUT2D eigenvalue weighted by Gasteiger charge is 2.23. The summed E-state index contributed by atoms with van der Waals surface area (Å²) in [7, 11) is 3.89. The molecule has 0 spiro atoms. The standard InChI is InChI=1S/C11H24N2O2/c1-5-11(2,7-9-14)12-10(15)6-8-13(3)4/h14H,5-9H2,1-4H3,(H,12,15). The van der Waals surface area contributed by atoms with E-state index in [1.54, 1.807) is 0 Å². The van der Waals surface area contributed by atoms with Crippen molar-refractivity contribution in [1.82, 2.24) is 10.2 Å². The lowest BCUT2D eigenvalue weighted by Crippen LogP contribution is -2.46. The fraction of sp³-hybridized carbons (Fsp3) is 0.909. The van der Waals surface area contributed by atoms with Gasteiger partial charge < -0.3 is 15.3 Å². The Balaban J connectivity index is 4.01. The van der Waals surface area contributed by atoms with Crippen molar-refractivity contribution in [3.8, 4) is 0 Å². The third-order valence-electron chi connectivity index (χ3n) is 2.67. The van der Waals surface area contributed by atoms with Crippen molar-refractivity contribution in [3.63, 3.8) is 0 Å². The van der Waals surface area contributed by atoms with E-state index in [-0.39, 0.29) is 18.1 Å². The van der Waals surface area contributed by atoms with Gasteiger partial charge in [0.2, 0.25) is 5.91 Å². The summed E-state index contributed by atoms with van der Waals surface area (Å²) in [6.45, 7) is 4.85. The Morgan fingerprint density at radius 2 is 2.07 bits per heavy atom. The van der Waals surface area contributed by atoms with Crippen LogP contribution < -0.4 is 5.32 Å². The summed E-state index contributed by atoms with van der Waals surface area (Å²) in [4.78, 5) is 13.6. The number of nitrogens with one attached hydrogen (secondary N) is 1. The summed E-state index contributed by atoms with van der Waals surface area (Å²) in [6, 6.07) is 0. The Bertz CT molecular complexity index is 195. The quantitative estimate of drug-likeness (QED) is 0.655. The molecule has 1 unspecified atom stereocenters. The van der Waals surface area contributed by atoms with E-state index in [0.717, 1.165) is 13.0 Å². The third kappa shape index (κ3) is 6.47. The highest BCUT2D eigenvalue weighted by Crippen LogP contribution is 2.13. The lowest BCUT2D eigenvalue weighted by atomic mass is 9.95. The van der Waals surface area contributed by atoms with E-state index in [1.165, 1.54) is 0 Å². The van der Waals surface area contributed by atoms with Crippen LogP contribution in [0.4, 0.5) is 0 Å². The first kappa shape index (κ1) is 14.4. The Hall–Kier alpha value is -0.610. The SMILES string of the molecule is CCC(C)(CCO)NC(=O)CCN(C)C. The van der Waals surface area contributed by atoms with Gasteiger partial charge in [-0.15, -0.1) is 0 Å². The molecule has 4 nitrogen and oxygen atoms in total. The largest absolute Gasteiger partial charge is 0.396 e. The van der Waals surface area contributed by atoms with Gasteiger partial charge in [0, 0.05) is 25.1 Å². The van der Waals surface area contributed by atoms with Gasteiger partial charge in [-0.25, -0.2) is 0 Å². The second-order valence-electron chi connectivity index (χ2n) is 4.49. The van der Waals surface area contributed by atoms with Crippen molar-refractivity contribution < 1.29 is 9.90 Å². The topological polar surface area (TPSA) is 52.6 Å². The second kappa shape index (κ2) is 6.80. The number of carbonyl (C=O) groups is 1. The molecule has 0 rings (SSSR count). The monoisotopic (exact) mass is 216 g/mol. The molecule has 1 amide bonds. The molecule has 0 saturated carbocycles. The van der Waals surface area contributed by atoms with Crippen LogP contribution in [-0.4, -0.2) is 48.7 Å². The van der Waals surface area contributed by atoms with Gasteiger partial charge in [0.15, 0.2) is 0 Å². The minimum Gasteiger partial charge on any atom is -0.396 e. The van der Waals surface area contributed by atoms with E-state index in [0.29, 0.717) is 12.8 Å². The highest BCUT2D eigenvalue weighted by molar-refractivity contribution is 5.76. The number of amides is 1. The molecule has 0 saturated heterocycles. The maximum Gasteiger partial charge on any atom is 0.221 e. The smallest absolute Gasteiger partial charge is 0.221 e. The Morgan fingerprint density at radius 1 is 1.47 bits per heavy atom. The van der Waals surface area contributed by atoms with Crippen molar-refractivity contribution in [2.24, 2.45) is 0 Å². The first-order valence-corrected chi connectivity index (χ1v) is 5.50. The second-order valence-corrected chi connectivity index (χ2v) is 4.49. The summed E-state index contributed by atoms with van der Waals surface area (Å²) in [5.74, 6) is 0.0569. The maximum atomic E-state index is 11.6. The van der Waals surface area contributed by atoms with Gasteiger partial charge >= 0.3 is 0 Å². The molecule has 0 radical (unpaired) electrons. The molecule has 2 N–H and O–H groups in total. The van der Waals surface area contributed by atoms with Crippen molar-refractivity contribution in [2.75, 3.05) is 27.2 Å². The molecule has 0 heterocycles. The maximum absolute atomic E-state index is 11.6. The van der Waals surface area contributed by atoms with E-state index in [2.05, 4.69) is 5.32 Å². The number of rotatable bonds is 7. The number of nitrogens with zero attached hydrogens (tertiary/aromatic N) is 1. The van der Waals surface area contributed by atoms with Crippen molar-refractivity contribution in [2.45, 2.75) is 38.6 Å². The predicted octanol–water partition coefficient (Wildman–Crippen LogP) is 0.605. The lowest BCUT2D eigenvalue weighted by molar-refractivity contribution is -0.123. The lowest BCUT2D eigenvalue weighted by Gasteiger charge is -2.29. The average molecular weight is 216 g/mol. The molecule has 0 aliphatic heterocycles. The van der Waals surface area contributed by atoms with E-state index in [9.17, 15) is 4.79 Å². The molecule has 0 aromatic rings. The van der Waals surface area contributed by atoms with Crippen LogP contribution in [0.3, 0.4) is 0 Å². The van der Waals surface area contributed by atoms with Crippen LogP contribution in [0.2, 0.25) is 0 Å². The normalized spacial score (nSPS) is 15.1. The molecule has 90 valence electrons. The zero-order valence-corrected chi connectivity index (χ0v) is 10.3. The van der Waals surface area contributed by atoms with Gasteiger partial charge in [-0.3, -0.25) is 4.79 Å². The number of aliphatic hydroxyl groups is 1. The van der Waals surface area contributed by atoms with E-state index in [1.807, 2.05) is 32.8 Å². The van der Waals surface area contributed by atoms with Crippen molar-refractivity contribution in [3.05, 3.63) is 0 Å². The van der Waals surface area contributed by atoms with Crippen LogP contribution in [0.25, 0.3) is 0 Å². The predicted molar refractivity (Wildman–Crippen MR) is 61.7 cm³/mol. The van der Waals surface area contributed by atoms with E-state index < -0.39 is 0 Å². The summed E-state index contributed by atoms with van der Waals surface area (Å²) >= 11 is 0. The van der Waals surface area contributed by atoms with Crippen LogP contribution in [0, 0.1) is 0 Å². The Labute approximate surface area is 92.7 Å². The fourth-order valence-electron chi connectivity index (χ4n) is 1.30. The molecule has 0 fully saturated rings. The van der Waals surface area contributed by atoms with Crippen LogP contribution in [0.1, 0.15) is 33.1 Å². The third-order valence-corrected chi connectivity index (χ3v) is 2.67. The van der Waals surface area contributed by atoms with Gasteiger partial charge in [-0.05, 0) is 33.9 Å². The molecule has 0 aromatic carbocycles. The zero-order valence-electron chi connectivity index (χ0n) is 10.3. The van der Waals surface area contributed by atoms with Crippen molar-refractivity contribution >= 4 is 5.91 Å². The number of carbonyl (C=O) groups excluding carboxylic acids is 1. The first-order valence-electron chi connectivity index (χ1n) is 5.50. The van der Waals surface area contributed by atoms with Gasteiger partial charge in [0.1, 0.15) is 0 Å². The average Bonchev–Trinajstić information content (AvgIpc) is 2.15. The molecule has 0 aliphatic rings. The number of hydrogen-bond acceptors (Lipinski definition) is 3. The van der Waals surface area contributed by atoms with Gasteiger partial charge in [0.05, 0.1) is 0 Å². The summed E-state index contributed by atoms with van der Waals surface area (Å²) in [6.07, 6.45) is 1.95. The molecule has 0 bridgehead atoms. The minimum absolute atomic E-state index is 0.0569. The molecule has 15 heavy (non-hydrogen) atoms. The first-order chi connectivity index (χ1) is 6.93. The molecule has 0 aromatic heterocycles.